The summed E-state index contributed by atoms with van der Waals surface area (Å²) in [4.78, 5) is 23.3. The highest BCUT2D eigenvalue weighted by Crippen LogP contribution is 2.37. The van der Waals surface area contributed by atoms with Gasteiger partial charge in [0.15, 0.2) is 6.61 Å². The minimum Gasteiger partial charge on any atom is -0.457 e. The molecule has 0 aromatic carbocycles. The van der Waals surface area contributed by atoms with Crippen LogP contribution in [0.4, 0.5) is 0 Å². The van der Waals surface area contributed by atoms with E-state index in [0.29, 0.717) is 6.42 Å². The molecule has 110 valence electrons. The topological polar surface area (TPSA) is 52.6 Å². The molecule has 1 fully saturated rings. The molecule has 1 saturated carbocycles. The molecule has 0 bridgehead atoms. The fourth-order valence-corrected chi connectivity index (χ4v) is 2.59. The predicted molar refractivity (Wildman–Crippen MR) is 72.6 cm³/mol. The van der Waals surface area contributed by atoms with Gasteiger partial charge >= 0.3 is 11.9 Å². The number of ether oxygens (including phenoxy) is 2. The minimum absolute atomic E-state index is 0.163. The van der Waals surface area contributed by atoms with Gasteiger partial charge in [0.1, 0.15) is 5.60 Å². The summed E-state index contributed by atoms with van der Waals surface area (Å²) in [6.07, 6.45) is 6.71. The molecule has 1 aliphatic rings. The first kappa shape index (κ1) is 16.0. The zero-order valence-electron chi connectivity index (χ0n) is 12.4. The van der Waals surface area contributed by atoms with E-state index >= 15 is 0 Å². The van der Waals surface area contributed by atoms with Crippen molar-refractivity contribution in [2.75, 3.05) is 6.61 Å². The van der Waals surface area contributed by atoms with Crippen LogP contribution in [0.2, 0.25) is 0 Å². The standard InChI is InChI=1S/C15H26O4/c1-4-8-15(9-6-7-10-15)19-13(16)11-18-14(17)12(3)5-2/h12H,4-11H2,1-3H3. The van der Waals surface area contributed by atoms with E-state index in [-0.39, 0.29) is 24.1 Å². The number of rotatable bonds is 7. The molecule has 19 heavy (non-hydrogen) atoms. The predicted octanol–water partition coefficient (Wildman–Crippen LogP) is 3.23. The smallest absolute Gasteiger partial charge is 0.344 e. The number of esters is 2. The molecule has 0 heterocycles. The molecule has 0 aliphatic heterocycles. The van der Waals surface area contributed by atoms with Crippen LogP contribution in [0.3, 0.4) is 0 Å². The van der Waals surface area contributed by atoms with E-state index < -0.39 is 5.97 Å². The zero-order valence-corrected chi connectivity index (χ0v) is 12.4. The second-order valence-corrected chi connectivity index (χ2v) is 5.53. The normalized spacial score (nSPS) is 18.9. The van der Waals surface area contributed by atoms with Crippen molar-refractivity contribution in [2.24, 2.45) is 5.92 Å². The first-order valence-electron chi connectivity index (χ1n) is 7.41. The molecule has 0 radical (unpaired) electrons. The summed E-state index contributed by atoms with van der Waals surface area (Å²) in [6, 6.07) is 0. The summed E-state index contributed by atoms with van der Waals surface area (Å²) in [5, 5.41) is 0. The van der Waals surface area contributed by atoms with Crippen molar-refractivity contribution in [2.45, 2.75) is 71.3 Å². The Morgan fingerprint density at radius 1 is 1.21 bits per heavy atom. The lowest BCUT2D eigenvalue weighted by atomic mass is 9.96. The molecule has 1 aliphatic carbocycles. The zero-order chi connectivity index (χ0) is 14.3. The lowest BCUT2D eigenvalue weighted by Gasteiger charge is -2.28. The summed E-state index contributed by atoms with van der Waals surface area (Å²) < 4.78 is 10.6. The maximum atomic E-state index is 11.8. The average molecular weight is 270 g/mol. The molecule has 0 N–H and O–H groups in total. The van der Waals surface area contributed by atoms with Crippen molar-refractivity contribution in [1.82, 2.24) is 0 Å². The highest BCUT2D eigenvalue weighted by atomic mass is 16.6. The number of carbonyl (C=O) groups excluding carboxylic acids is 2. The van der Waals surface area contributed by atoms with Crippen LogP contribution in [0, 0.1) is 5.92 Å². The number of hydrogen-bond donors (Lipinski definition) is 0. The van der Waals surface area contributed by atoms with Crippen LogP contribution in [-0.2, 0) is 19.1 Å². The van der Waals surface area contributed by atoms with Crippen molar-refractivity contribution in [1.29, 1.82) is 0 Å². The van der Waals surface area contributed by atoms with Gasteiger partial charge in [0.2, 0.25) is 0 Å². The third-order valence-electron chi connectivity index (χ3n) is 3.90. The molecule has 1 atom stereocenters. The first-order valence-corrected chi connectivity index (χ1v) is 7.41. The van der Waals surface area contributed by atoms with Gasteiger partial charge in [0, 0.05) is 0 Å². The molecule has 0 amide bonds. The molecule has 0 aromatic heterocycles. The van der Waals surface area contributed by atoms with Crippen molar-refractivity contribution in [3.8, 4) is 0 Å². The van der Waals surface area contributed by atoms with Crippen LogP contribution in [0.5, 0.6) is 0 Å². The largest absolute Gasteiger partial charge is 0.457 e. The molecular formula is C15H26O4. The first-order chi connectivity index (χ1) is 9.03. The fourth-order valence-electron chi connectivity index (χ4n) is 2.59. The molecule has 4 nitrogen and oxygen atoms in total. The lowest BCUT2D eigenvalue weighted by molar-refractivity contribution is -0.171. The summed E-state index contributed by atoms with van der Waals surface area (Å²) >= 11 is 0. The second kappa shape index (κ2) is 7.51. The molecular weight excluding hydrogens is 244 g/mol. The van der Waals surface area contributed by atoms with Crippen molar-refractivity contribution in [3.05, 3.63) is 0 Å². The van der Waals surface area contributed by atoms with E-state index in [0.717, 1.165) is 38.5 Å². The van der Waals surface area contributed by atoms with E-state index in [4.69, 9.17) is 9.47 Å². The van der Waals surface area contributed by atoms with E-state index in [2.05, 4.69) is 6.92 Å². The Labute approximate surface area is 115 Å². The van der Waals surface area contributed by atoms with Crippen molar-refractivity contribution < 1.29 is 19.1 Å². The van der Waals surface area contributed by atoms with Gasteiger partial charge < -0.3 is 9.47 Å². The average Bonchev–Trinajstić information content (AvgIpc) is 2.83. The number of carbonyl (C=O) groups is 2. The molecule has 4 heteroatoms. The van der Waals surface area contributed by atoms with Gasteiger partial charge in [-0.25, -0.2) is 4.79 Å². The van der Waals surface area contributed by atoms with Crippen molar-refractivity contribution in [3.63, 3.8) is 0 Å². The van der Waals surface area contributed by atoms with Crippen LogP contribution in [0.1, 0.15) is 65.7 Å². The Bertz CT molecular complexity index is 305. The van der Waals surface area contributed by atoms with E-state index in [1.165, 1.54) is 0 Å². The minimum atomic E-state index is -0.410. The summed E-state index contributed by atoms with van der Waals surface area (Å²) in [7, 11) is 0. The maximum Gasteiger partial charge on any atom is 0.344 e. The van der Waals surface area contributed by atoms with Crippen LogP contribution >= 0.6 is 0 Å². The Morgan fingerprint density at radius 3 is 2.37 bits per heavy atom. The van der Waals surface area contributed by atoms with Gasteiger partial charge in [-0.3, -0.25) is 4.79 Å². The molecule has 0 saturated heterocycles. The molecule has 0 aromatic rings. The van der Waals surface area contributed by atoms with Crippen LogP contribution < -0.4 is 0 Å². The van der Waals surface area contributed by atoms with Gasteiger partial charge in [-0.1, -0.05) is 27.2 Å². The summed E-state index contributed by atoms with van der Waals surface area (Å²) in [5.74, 6) is -0.897. The molecule has 1 unspecified atom stereocenters. The molecule has 1 rings (SSSR count). The Balaban J connectivity index is 2.39. The van der Waals surface area contributed by atoms with Crippen LogP contribution in [-0.4, -0.2) is 24.1 Å². The lowest BCUT2D eigenvalue weighted by Crippen LogP contribution is -2.34. The van der Waals surface area contributed by atoms with Gasteiger partial charge in [-0.05, 0) is 38.5 Å². The van der Waals surface area contributed by atoms with Crippen LogP contribution in [0.15, 0.2) is 0 Å². The number of hydrogen-bond acceptors (Lipinski definition) is 4. The SMILES string of the molecule is CCCC1(OC(=O)COC(=O)C(C)CC)CCCC1. The summed E-state index contributed by atoms with van der Waals surface area (Å²) in [6.45, 7) is 5.55. The maximum absolute atomic E-state index is 11.8. The van der Waals surface area contributed by atoms with Gasteiger partial charge in [0.05, 0.1) is 5.92 Å². The monoisotopic (exact) mass is 270 g/mol. The quantitative estimate of drug-likeness (QED) is 0.666. The van der Waals surface area contributed by atoms with Gasteiger partial charge in [-0.2, -0.15) is 0 Å². The Morgan fingerprint density at radius 2 is 1.84 bits per heavy atom. The molecule has 0 spiro atoms. The van der Waals surface area contributed by atoms with E-state index in [1.807, 2.05) is 6.92 Å². The van der Waals surface area contributed by atoms with Crippen LogP contribution in [0.25, 0.3) is 0 Å². The Hall–Kier alpha value is -1.06. The van der Waals surface area contributed by atoms with E-state index in [1.54, 1.807) is 6.92 Å². The fraction of sp³-hybridized carbons (Fsp3) is 0.867. The third-order valence-corrected chi connectivity index (χ3v) is 3.90. The van der Waals surface area contributed by atoms with Crippen molar-refractivity contribution >= 4 is 11.9 Å². The third kappa shape index (κ3) is 4.84. The van der Waals surface area contributed by atoms with Gasteiger partial charge in [0.25, 0.3) is 0 Å². The van der Waals surface area contributed by atoms with E-state index in [9.17, 15) is 9.59 Å². The summed E-state index contributed by atoms with van der Waals surface area (Å²) in [5.41, 5.74) is -0.297. The van der Waals surface area contributed by atoms with Gasteiger partial charge in [-0.15, -0.1) is 0 Å². The highest BCUT2D eigenvalue weighted by Gasteiger charge is 2.36. The Kier molecular flexibility index (Phi) is 6.32. The highest BCUT2D eigenvalue weighted by molar-refractivity contribution is 5.77. The second-order valence-electron chi connectivity index (χ2n) is 5.53.